The zero-order chi connectivity index (χ0) is 19.6. The smallest absolute Gasteiger partial charge is 0.259 e. The molecule has 0 aliphatic rings. The van der Waals surface area contributed by atoms with E-state index in [0.29, 0.717) is 41.4 Å². The van der Waals surface area contributed by atoms with E-state index in [9.17, 15) is 9.59 Å². The number of rotatable bonds is 6. The fraction of sp³-hybridized carbons (Fsp3) is 0.300. The Kier molecular flexibility index (Phi) is 5.21. The van der Waals surface area contributed by atoms with Crippen molar-refractivity contribution in [2.45, 2.75) is 33.7 Å². The molecule has 0 unspecified atom stereocenters. The van der Waals surface area contributed by atoms with Gasteiger partial charge in [0.25, 0.3) is 5.56 Å². The Bertz CT molecular complexity index is 1050. The number of nitrogens with one attached hydrogen (secondary N) is 1. The molecule has 140 valence electrons. The highest BCUT2D eigenvalue weighted by molar-refractivity contribution is 5.96. The second kappa shape index (κ2) is 7.57. The number of ketones is 1. The fourth-order valence-electron chi connectivity index (χ4n) is 3.06. The van der Waals surface area contributed by atoms with Gasteiger partial charge in [-0.3, -0.25) is 9.59 Å². The lowest BCUT2D eigenvalue weighted by Gasteiger charge is -2.06. The second-order valence-electron chi connectivity index (χ2n) is 6.26. The SMILES string of the molecule is CCn1nc(Cc2ccccc2OC)nc1-c1cc(C(C)=O)c(C)[nH]c1=O. The number of nitrogens with zero attached hydrogens (tertiary/aromatic N) is 3. The third kappa shape index (κ3) is 3.67. The van der Waals surface area contributed by atoms with E-state index >= 15 is 0 Å². The van der Waals surface area contributed by atoms with E-state index in [2.05, 4.69) is 15.1 Å². The van der Waals surface area contributed by atoms with Crippen molar-refractivity contribution in [1.82, 2.24) is 19.7 Å². The van der Waals surface area contributed by atoms with Gasteiger partial charge in [-0.05, 0) is 32.9 Å². The summed E-state index contributed by atoms with van der Waals surface area (Å²) in [5, 5.41) is 4.53. The number of ether oxygens (including phenoxy) is 1. The number of pyridine rings is 1. The summed E-state index contributed by atoms with van der Waals surface area (Å²) in [4.78, 5) is 31.7. The van der Waals surface area contributed by atoms with Crippen LogP contribution in [-0.4, -0.2) is 32.6 Å². The van der Waals surface area contributed by atoms with Crippen LogP contribution in [0.25, 0.3) is 11.4 Å². The van der Waals surface area contributed by atoms with Crippen LogP contribution in [0, 0.1) is 6.92 Å². The highest BCUT2D eigenvalue weighted by Crippen LogP contribution is 2.22. The number of hydrogen-bond donors (Lipinski definition) is 1. The number of aryl methyl sites for hydroxylation is 2. The molecule has 0 spiro atoms. The van der Waals surface area contributed by atoms with E-state index in [1.807, 2.05) is 31.2 Å². The molecule has 0 saturated heterocycles. The molecule has 2 heterocycles. The van der Waals surface area contributed by atoms with Crippen molar-refractivity contribution in [2.24, 2.45) is 0 Å². The summed E-state index contributed by atoms with van der Waals surface area (Å²) < 4.78 is 7.06. The van der Waals surface area contributed by atoms with Gasteiger partial charge in [-0.2, -0.15) is 5.10 Å². The van der Waals surface area contributed by atoms with Gasteiger partial charge < -0.3 is 9.72 Å². The number of hydrogen-bond acceptors (Lipinski definition) is 5. The van der Waals surface area contributed by atoms with Crippen LogP contribution < -0.4 is 10.3 Å². The van der Waals surface area contributed by atoms with E-state index < -0.39 is 0 Å². The highest BCUT2D eigenvalue weighted by Gasteiger charge is 2.18. The minimum atomic E-state index is -0.288. The van der Waals surface area contributed by atoms with Gasteiger partial charge in [0.05, 0.1) is 12.7 Å². The Hall–Kier alpha value is -3.22. The van der Waals surface area contributed by atoms with Crippen LogP contribution >= 0.6 is 0 Å². The minimum absolute atomic E-state index is 0.109. The molecule has 0 aliphatic heterocycles. The largest absolute Gasteiger partial charge is 0.496 e. The second-order valence-corrected chi connectivity index (χ2v) is 6.26. The average molecular weight is 366 g/mol. The molecule has 0 radical (unpaired) electrons. The number of Topliss-reactive ketones (excluding diaryl/α,β-unsaturated/α-hetero) is 1. The van der Waals surface area contributed by atoms with Crippen LogP contribution in [0.2, 0.25) is 0 Å². The monoisotopic (exact) mass is 366 g/mol. The molecule has 2 aromatic heterocycles. The zero-order valence-electron chi connectivity index (χ0n) is 15.9. The third-order valence-electron chi connectivity index (χ3n) is 4.41. The first kappa shape index (κ1) is 18.6. The maximum Gasteiger partial charge on any atom is 0.259 e. The lowest BCUT2D eigenvalue weighted by molar-refractivity contribution is 0.101. The first-order valence-corrected chi connectivity index (χ1v) is 8.75. The van der Waals surface area contributed by atoms with Gasteiger partial charge in [-0.25, -0.2) is 9.67 Å². The maximum atomic E-state index is 12.5. The molecule has 0 saturated carbocycles. The lowest BCUT2D eigenvalue weighted by Crippen LogP contribution is -2.16. The summed E-state index contributed by atoms with van der Waals surface area (Å²) in [5.41, 5.74) is 2.03. The summed E-state index contributed by atoms with van der Waals surface area (Å²) in [7, 11) is 1.62. The van der Waals surface area contributed by atoms with Crippen molar-refractivity contribution in [1.29, 1.82) is 0 Å². The predicted molar refractivity (Wildman–Crippen MR) is 102 cm³/mol. The summed E-state index contributed by atoms with van der Waals surface area (Å²) in [5.74, 6) is 1.69. The summed E-state index contributed by atoms with van der Waals surface area (Å²) in [6, 6.07) is 9.27. The molecule has 3 aromatic rings. The van der Waals surface area contributed by atoms with Gasteiger partial charge in [0.1, 0.15) is 5.75 Å². The summed E-state index contributed by atoms with van der Waals surface area (Å²) in [6.07, 6.45) is 0.480. The molecule has 0 bridgehead atoms. The number of carbonyl (C=O) groups is 1. The van der Waals surface area contributed by atoms with Gasteiger partial charge in [-0.15, -0.1) is 0 Å². The Morgan fingerprint density at radius 3 is 2.70 bits per heavy atom. The van der Waals surface area contributed by atoms with Gasteiger partial charge in [0, 0.05) is 29.8 Å². The molecule has 3 rings (SSSR count). The van der Waals surface area contributed by atoms with Gasteiger partial charge >= 0.3 is 0 Å². The maximum absolute atomic E-state index is 12.5. The topological polar surface area (TPSA) is 89.9 Å². The molecule has 7 heteroatoms. The molecular formula is C20H22N4O3. The zero-order valence-corrected chi connectivity index (χ0v) is 15.9. The van der Waals surface area contributed by atoms with Crippen LogP contribution in [0.5, 0.6) is 5.75 Å². The molecule has 27 heavy (non-hydrogen) atoms. The molecule has 0 amide bonds. The Morgan fingerprint density at radius 1 is 1.30 bits per heavy atom. The average Bonchev–Trinajstić information content (AvgIpc) is 3.04. The normalized spacial score (nSPS) is 10.8. The third-order valence-corrected chi connectivity index (χ3v) is 4.41. The first-order valence-electron chi connectivity index (χ1n) is 8.75. The van der Waals surface area contributed by atoms with Crippen molar-refractivity contribution in [3.8, 4) is 17.1 Å². The Balaban J connectivity index is 2.07. The minimum Gasteiger partial charge on any atom is -0.496 e. The number of aromatic amines is 1. The van der Waals surface area contributed by atoms with Crippen LogP contribution in [0.1, 0.15) is 41.3 Å². The van der Waals surface area contributed by atoms with E-state index in [0.717, 1.165) is 11.3 Å². The molecule has 0 atom stereocenters. The van der Waals surface area contributed by atoms with Gasteiger partial charge in [0.2, 0.25) is 0 Å². The molecule has 1 N–H and O–H groups in total. The lowest BCUT2D eigenvalue weighted by atomic mass is 10.1. The van der Waals surface area contributed by atoms with Gasteiger partial charge in [-0.1, -0.05) is 18.2 Å². The standard InChI is InChI=1S/C20H22N4O3/c1-5-24-19(16-11-15(13(3)25)12(2)21-20(16)26)22-18(23-24)10-14-8-6-7-9-17(14)27-4/h6-9,11H,5,10H2,1-4H3,(H,21,26). The van der Waals surface area contributed by atoms with Crippen molar-refractivity contribution >= 4 is 5.78 Å². The molecule has 1 aromatic carbocycles. The van der Waals surface area contributed by atoms with Crippen LogP contribution in [0.15, 0.2) is 35.1 Å². The summed E-state index contributed by atoms with van der Waals surface area (Å²) >= 11 is 0. The predicted octanol–water partition coefficient (Wildman–Crippen LogP) is 2.76. The van der Waals surface area contributed by atoms with Crippen molar-refractivity contribution in [3.05, 3.63) is 63.3 Å². The summed E-state index contributed by atoms with van der Waals surface area (Å²) in [6.45, 7) is 5.66. The van der Waals surface area contributed by atoms with E-state index in [1.165, 1.54) is 6.92 Å². The Morgan fingerprint density at radius 2 is 2.04 bits per heavy atom. The molecule has 7 nitrogen and oxygen atoms in total. The number of carbonyl (C=O) groups excluding carboxylic acids is 1. The molecule has 0 aliphatic carbocycles. The number of aromatic nitrogens is 4. The quantitative estimate of drug-likeness (QED) is 0.678. The number of benzene rings is 1. The van der Waals surface area contributed by atoms with E-state index in [-0.39, 0.29) is 11.3 Å². The van der Waals surface area contributed by atoms with Crippen molar-refractivity contribution in [3.63, 3.8) is 0 Å². The molecule has 0 fully saturated rings. The van der Waals surface area contributed by atoms with Crippen LogP contribution in [-0.2, 0) is 13.0 Å². The number of para-hydroxylation sites is 1. The highest BCUT2D eigenvalue weighted by atomic mass is 16.5. The fourth-order valence-corrected chi connectivity index (χ4v) is 3.06. The Labute approximate surface area is 157 Å². The van der Waals surface area contributed by atoms with Gasteiger partial charge in [0.15, 0.2) is 17.4 Å². The van der Waals surface area contributed by atoms with Crippen molar-refractivity contribution in [2.75, 3.05) is 7.11 Å². The van der Waals surface area contributed by atoms with E-state index in [1.54, 1.807) is 24.8 Å². The first-order chi connectivity index (χ1) is 12.9. The van der Waals surface area contributed by atoms with Crippen LogP contribution in [0.3, 0.4) is 0 Å². The van der Waals surface area contributed by atoms with Crippen molar-refractivity contribution < 1.29 is 9.53 Å². The molecular weight excluding hydrogens is 344 g/mol. The van der Waals surface area contributed by atoms with Crippen LogP contribution in [0.4, 0.5) is 0 Å². The number of methoxy groups -OCH3 is 1. The van der Waals surface area contributed by atoms with E-state index in [4.69, 9.17) is 4.74 Å². The number of H-pyrrole nitrogens is 1.